The van der Waals surface area contributed by atoms with E-state index < -0.39 is 0 Å². The Labute approximate surface area is 127 Å². The van der Waals surface area contributed by atoms with Gasteiger partial charge >= 0.3 is 0 Å². The van der Waals surface area contributed by atoms with Crippen molar-refractivity contribution in [3.8, 4) is 0 Å². The molecule has 0 spiro atoms. The van der Waals surface area contributed by atoms with Crippen LogP contribution >= 0.6 is 11.6 Å². The Morgan fingerprint density at radius 1 is 1.40 bits per heavy atom. The summed E-state index contributed by atoms with van der Waals surface area (Å²) in [6.07, 6.45) is 3.26. The molecular weight excluding hydrogens is 268 g/mol. The highest BCUT2D eigenvalue weighted by molar-refractivity contribution is 6.25. The number of hydrogen-bond acceptors (Lipinski definition) is 2. The molecule has 1 aromatic rings. The third-order valence-corrected chi connectivity index (χ3v) is 4.57. The Kier molecular flexibility index (Phi) is 6.08. The van der Waals surface area contributed by atoms with Gasteiger partial charge in [0.2, 0.25) is 0 Å². The van der Waals surface area contributed by atoms with Crippen LogP contribution in [0.2, 0.25) is 0 Å². The van der Waals surface area contributed by atoms with Crippen molar-refractivity contribution in [1.82, 2.24) is 10.2 Å². The fraction of sp³-hybridized carbons (Fsp3) is 0.529. The molecule has 0 saturated carbocycles. The summed E-state index contributed by atoms with van der Waals surface area (Å²) < 4.78 is 0. The average Bonchev–Trinajstić information content (AvgIpc) is 2.52. The van der Waals surface area contributed by atoms with Crippen LogP contribution in [0.15, 0.2) is 41.9 Å². The predicted molar refractivity (Wildman–Crippen MR) is 87.0 cm³/mol. The lowest BCUT2D eigenvalue weighted by molar-refractivity contribution is 0.104. The van der Waals surface area contributed by atoms with Gasteiger partial charge in [-0.3, -0.25) is 4.90 Å². The molecule has 1 aliphatic heterocycles. The van der Waals surface area contributed by atoms with Crippen molar-refractivity contribution in [3.05, 3.63) is 47.5 Å². The third-order valence-electron chi connectivity index (χ3n) is 4.39. The summed E-state index contributed by atoms with van der Waals surface area (Å²) in [6, 6.07) is 11.7. The van der Waals surface area contributed by atoms with Crippen LogP contribution in [0.25, 0.3) is 0 Å². The second kappa shape index (κ2) is 7.82. The maximum Gasteiger partial charge on any atom is 0.0450 e. The zero-order valence-corrected chi connectivity index (χ0v) is 13.2. The van der Waals surface area contributed by atoms with Gasteiger partial charge in [-0.1, -0.05) is 68.3 Å². The molecule has 3 atom stereocenters. The van der Waals surface area contributed by atoms with Crippen LogP contribution in [0.1, 0.15) is 31.9 Å². The number of hydrogen-bond donors (Lipinski definition) is 1. The minimum atomic E-state index is 0.417. The molecule has 3 heteroatoms. The second-order valence-electron chi connectivity index (χ2n) is 5.64. The smallest absolute Gasteiger partial charge is 0.0450 e. The van der Waals surface area contributed by atoms with Crippen LogP contribution in [-0.2, 0) is 0 Å². The van der Waals surface area contributed by atoms with Gasteiger partial charge in [0, 0.05) is 37.3 Å². The summed E-state index contributed by atoms with van der Waals surface area (Å²) in [5, 5.41) is 3.71. The first kappa shape index (κ1) is 15.6. The second-order valence-corrected chi connectivity index (χ2v) is 5.89. The maximum atomic E-state index is 5.71. The minimum Gasteiger partial charge on any atom is -0.307 e. The minimum absolute atomic E-state index is 0.417. The molecule has 110 valence electrons. The normalized spacial score (nSPS) is 25.9. The van der Waals surface area contributed by atoms with E-state index in [9.17, 15) is 0 Å². The van der Waals surface area contributed by atoms with Gasteiger partial charge < -0.3 is 5.32 Å². The highest BCUT2D eigenvalue weighted by Crippen LogP contribution is 2.24. The highest BCUT2D eigenvalue weighted by Gasteiger charge is 2.30. The van der Waals surface area contributed by atoms with E-state index in [1.54, 1.807) is 5.54 Å². The van der Waals surface area contributed by atoms with Crippen molar-refractivity contribution in [2.75, 3.05) is 19.6 Å². The lowest BCUT2D eigenvalue weighted by Crippen LogP contribution is -2.55. The van der Waals surface area contributed by atoms with Crippen LogP contribution in [0.4, 0.5) is 0 Å². The lowest BCUT2D eigenvalue weighted by atomic mass is 9.93. The number of halogens is 1. The summed E-state index contributed by atoms with van der Waals surface area (Å²) in [6.45, 7) is 7.63. The van der Waals surface area contributed by atoms with Gasteiger partial charge in [0.25, 0.3) is 0 Å². The van der Waals surface area contributed by atoms with Gasteiger partial charge in [0.15, 0.2) is 0 Å². The van der Waals surface area contributed by atoms with E-state index in [1.807, 2.05) is 6.08 Å². The Balaban J connectivity index is 2.08. The van der Waals surface area contributed by atoms with Crippen LogP contribution in [0, 0.1) is 5.92 Å². The van der Waals surface area contributed by atoms with E-state index in [4.69, 9.17) is 11.6 Å². The summed E-state index contributed by atoms with van der Waals surface area (Å²) >= 11 is 5.71. The van der Waals surface area contributed by atoms with Crippen molar-refractivity contribution >= 4 is 11.6 Å². The van der Waals surface area contributed by atoms with Gasteiger partial charge in [0.05, 0.1) is 0 Å². The molecule has 0 aliphatic carbocycles. The van der Waals surface area contributed by atoms with Gasteiger partial charge in [0.1, 0.15) is 0 Å². The molecule has 1 aliphatic rings. The maximum absolute atomic E-state index is 5.71. The molecule has 1 N–H and O–H groups in total. The topological polar surface area (TPSA) is 15.3 Å². The first-order valence-corrected chi connectivity index (χ1v) is 7.97. The molecule has 0 aromatic heterocycles. The zero-order valence-electron chi connectivity index (χ0n) is 12.4. The van der Waals surface area contributed by atoms with Crippen LogP contribution in [0.3, 0.4) is 0 Å². The number of piperazine rings is 1. The molecule has 2 rings (SSSR count). The third kappa shape index (κ3) is 3.85. The zero-order chi connectivity index (χ0) is 14.4. The molecule has 3 unspecified atom stereocenters. The monoisotopic (exact) mass is 292 g/mol. The van der Waals surface area contributed by atoms with Crippen molar-refractivity contribution in [3.63, 3.8) is 0 Å². The Bertz CT molecular complexity index is 418. The van der Waals surface area contributed by atoms with Gasteiger partial charge in [-0.2, -0.15) is 0 Å². The first-order chi connectivity index (χ1) is 9.76. The quantitative estimate of drug-likeness (QED) is 0.888. The largest absolute Gasteiger partial charge is 0.307 e. The molecule has 1 fully saturated rings. The highest BCUT2D eigenvalue weighted by atomic mass is 35.5. The molecule has 0 bridgehead atoms. The SMILES string of the molecule is CCC(C)C1CNC(c2ccccc2)CN1C/C=C/Cl. The molecule has 1 heterocycles. The fourth-order valence-corrected chi connectivity index (χ4v) is 3.03. The van der Waals surface area contributed by atoms with E-state index in [0.29, 0.717) is 18.0 Å². The molecule has 1 aromatic carbocycles. The molecule has 0 radical (unpaired) electrons. The molecule has 1 saturated heterocycles. The van der Waals surface area contributed by atoms with Gasteiger partial charge in [-0.05, 0) is 11.5 Å². The molecular formula is C17H25ClN2. The van der Waals surface area contributed by atoms with E-state index in [1.165, 1.54) is 12.0 Å². The van der Waals surface area contributed by atoms with Gasteiger partial charge in [-0.25, -0.2) is 0 Å². The van der Waals surface area contributed by atoms with Crippen LogP contribution < -0.4 is 5.32 Å². The number of rotatable bonds is 5. The van der Waals surface area contributed by atoms with E-state index >= 15 is 0 Å². The standard InChI is InChI=1S/C17H25ClN2/c1-3-14(2)17-12-19-16(13-20(17)11-7-10-18)15-8-5-4-6-9-15/h4-10,14,16-17,19H,3,11-13H2,1-2H3/b10-7+. The first-order valence-electron chi connectivity index (χ1n) is 7.53. The predicted octanol–water partition coefficient (Wildman–Crippen LogP) is 3.80. The summed E-state index contributed by atoms with van der Waals surface area (Å²) in [5.74, 6) is 0.697. The number of benzene rings is 1. The Morgan fingerprint density at radius 2 is 2.15 bits per heavy atom. The summed E-state index contributed by atoms with van der Waals surface area (Å²) in [5.41, 5.74) is 3.00. The van der Waals surface area contributed by atoms with Crippen molar-refractivity contribution in [2.45, 2.75) is 32.4 Å². The van der Waals surface area contributed by atoms with Crippen molar-refractivity contribution in [2.24, 2.45) is 5.92 Å². The van der Waals surface area contributed by atoms with Crippen LogP contribution in [0.5, 0.6) is 0 Å². The van der Waals surface area contributed by atoms with E-state index in [-0.39, 0.29) is 0 Å². The number of nitrogens with zero attached hydrogens (tertiary/aromatic N) is 1. The van der Waals surface area contributed by atoms with Crippen molar-refractivity contribution in [1.29, 1.82) is 0 Å². The molecule has 0 amide bonds. The van der Waals surface area contributed by atoms with Crippen LogP contribution in [-0.4, -0.2) is 30.6 Å². The molecule has 20 heavy (non-hydrogen) atoms. The van der Waals surface area contributed by atoms with Crippen molar-refractivity contribution < 1.29 is 0 Å². The van der Waals surface area contributed by atoms with E-state index in [0.717, 1.165) is 19.6 Å². The molecule has 2 nitrogen and oxygen atoms in total. The summed E-state index contributed by atoms with van der Waals surface area (Å²) in [7, 11) is 0. The van der Waals surface area contributed by atoms with E-state index in [2.05, 4.69) is 54.4 Å². The average molecular weight is 293 g/mol. The number of nitrogens with one attached hydrogen (secondary N) is 1. The Morgan fingerprint density at radius 3 is 2.80 bits per heavy atom. The lowest BCUT2D eigenvalue weighted by Gasteiger charge is -2.42. The Hall–Kier alpha value is -0.830. The van der Waals surface area contributed by atoms with Gasteiger partial charge in [-0.15, -0.1) is 0 Å². The fourth-order valence-electron chi connectivity index (χ4n) is 2.95. The summed E-state index contributed by atoms with van der Waals surface area (Å²) in [4.78, 5) is 2.56.